The lowest BCUT2D eigenvalue weighted by Gasteiger charge is -2.12. The largest absolute Gasteiger partial charge is 0.385 e. The fourth-order valence-corrected chi connectivity index (χ4v) is 4.25. The number of thioether (sulfide) groups is 1. The molecule has 0 bridgehead atoms. The predicted octanol–water partition coefficient (Wildman–Crippen LogP) is 5.88. The quantitative estimate of drug-likeness (QED) is 0.279. The number of hydrogen-bond donors (Lipinski definition) is 1. The number of halogens is 1. The van der Waals surface area contributed by atoms with Crippen LogP contribution in [0.3, 0.4) is 0 Å². The number of rotatable bonds is 11. The van der Waals surface area contributed by atoms with Crippen LogP contribution in [0.5, 0.6) is 0 Å². The number of carbonyl (C=O) groups is 1. The van der Waals surface area contributed by atoms with Crippen molar-refractivity contribution in [3.05, 3.63) is 59.1 Å². The molecule has 3 aromatic rings. The number of aromatic nitrogens is 3. The van der Waals surface area contributed by atoms with Crippen LogP contribution in [0.4, 0.5) is 5.69 Å². The number of nitrogens with one attached hydrogen (secondary N) is 1. The van der Waals surface area contributed by atoms with Crippen molar-refractivity contribution >= 4 is 35.0 Å². The van der Waals surface area contributed by atoms with Gasteiger partial charge in [0.2, 0.25) is 5.91 Å². The third-order valence-corrected chi connectivity index (χ3v) is 6.57. The molecule has 32 heavy (non-hydrogen) atoms. The van der Waals surface area contributed by atoms with E-state index in [2.05, 4.69) is 41.5 Å². The molecule has 1 unspecified atom stereocenters. The molecule has 0 spiro atoms. The van der Waals surface area contributed by atoms with Gasteiger partial charge in [0.25, 0.3) is 0 Å². The number of anilines is 1. The average molecular weight is 473 g/mol. The summed E-state index contributed by atoms with van der Waals surface area (Å²) in [6.07, 6.45) is 1.89. The molecular formula is C24H29ClN4O2S. The zero-order chi connectivity index (χ0) is 22.9. The summed E-state index contributed by atoms with van der Waals surface area (Å²) in [6, 6.07) is 15.6. The van der Waals surface area contributed by atoms with E-state index in [9.17, 15) is 4.79 Å². The summed E-state index contributed by atoms with van der Waals surface area (Å²) in [6.45, 7) is 5.66. The highest BCUT2D eigenvalue weighted by molar-refractivity contribution is 7.99. The van der Waals surface area contributed by atoms with Crippen molar-refractivity contribution in [1.29, 1.82) is 0 Å². The van der Waals surface area contributed by atoms with Gasteiger partial charge >= 0.3 is 0 Å². The molecule has 1 heterocycles. The van der Waals surface area contributed by atoms with Crippen LogP contribution in [0, 0.1) is 0 Å². The summed E-state index contributed by atoms with van der Waals surface area (Å²) in [7, 11) is 1.68. The van der Waals surface area contributed by atoms with Crippen LogP contribution in [0.1, 0.15) is 38.2 Å². The van der Waals surface area contributed by atoms with Crippen LogP contribution < -0.4 is 5.32 Å². The molecule has 0 fully saturated rings. The van der Waals surface area contributed by atoms with E-state index >= 15 is 0 Å². The van der Waals surface area contributed by atoms with Crippen LogP contribution in [0.2, 0.25) is 5.02 Å². The zero-order valence-corrected chi connectivity index (χ0v) is 20.2. The van der Waals surface area contributed by atoms with E-state index < -0.39 is 0 Å². The highest BCUT2D eigenvalue weighted by Crippen LogP contribution is 2.29. The van der Waals surface area contributed by atoms with Gasteiger partial charge in [0.05, 0.1) is 10.8 Å². The molecular weight excluding hydrogens is 444 g/mol. The van der Waals surface area contributed by atoms with Crippen molar-refractivity contribution in [2.24, 2.45) is 0 Å². The maximum absolute atomic E-state index is 12.5. The molecule has 0 aliphatic carbocycles. The normalized spacial score (nSPS) is 12.0. The Labute approximate surface area is 198 Å². The summed E-state index contributed by atoms with van der Waals surface area (Å²) in [5, 5.41) is 12.9. The highest BCUT2D eigenvalue weighted by Gasteiger charge is 2.17. The van der Waals surface area contributed by atoms with Crippen molar-refractivity contribution in [3.8, 4) is 11.4 Å². The molecule has 0 aliphatic rings. The number of amides is 1. The maximum atomic E-state index is 12.5. The molecule has 0 aliphatic heterocycles. The van der Waals surface area contributed by atoms with Crippen LogP contribution in [-0.2, 0) is 16.1 Å². The number of hydrogen-bond acceptors (Lipinski definition) is 5. The van der Waals surface area contributed by atoms with Gasteiger partial charge in [-0.1, -0.05) is 61.5 Å². The highest BCUT2D eigenvalue weighted by atomic mass is 35.5. The Morgan fingerprint density at radius 2 is 1.94 bits per heavy atom. The Bertz CT molecular complexity index is 1020. The molecule has 0 saturated heterocycles. The van der Waals surface area contributed by atoms with E-state index in [-0.39, 0.29) is 11.7 Å². The first kappa shape index (κ1) is 24.3. The smallest absolute Gasteiger partial charge is 0.234 e. The maximum Gasteiger partial charge on any atom is 0.234 e. The van der Waals surface area contributed by atoms with Gasteiger partial charge in [-0.2, -0.15) is 0 Å². The number of methoxy groups -OCH3 is 1. The molecule has 1 aromatic heterocycles. The van der Waals surface area contributed by atoms with Gasteiger partial charge in [-0.25, -0.2) is 0 Å². The standard InChI is InChI=1S/C24H29ClN4O2S/c1-4-17(2)18-10-12-19(13-11-18)26-22(30)16-32-24-28-27-23(29(24)14-7-15-31-3)20-8-5-6-9-21(20)25/h5-6,8-13,17H,4,7,14-16H2,1-3H3,(H,26,30). The Morgan fingerprint density at radius 3 is 2.62 bits per heavy atom. The minimum absolute atomic E-state index is 0.0861. The molecule has 3 rings (SSSR count). The molecule has 1 atom stereocenters. The van der Waals surface area contributed by atoms with Crippen LogP contribution in [0.25, 0.3) is 11.4 Å². The van der Waals surface area contributed by atoms with Crippen molar-refractivity contribution in [2.75, 3.05) is 24.8 Å². The minimum atomic E-state index is -0.0861. The van der Waals surface area contributed by atoms with Crippen LogP contribution >= 0.6 is 23.4 Å². The number of nitrogens with zero attached hydrogens (tertiary/aromatic N) is 3. The van der Waals surface area contributed by atoms with E-state index in [0.29, 0.717) is 35.1 Å². The van der Waals surface area contributed by atoms with Crippen LogP contribution in [0.15, 0.2) is 53.7 Å². The molecule has 1 amide bonds. The van der Waals surface area contributed by atoms with Crippen molar-refractivity contribution < 1.29 is 9.53 Å². The first-order chi connectivity index (χ1) is 15.5. The van der Waals surface area contributed by atoms with Gasteiger partial charge in [-0.15, -0.1) is 10.2 Å². The molecule has 170 valence electrons. The second kappa shape index (κ2) is 12.0. The van der Waals surface area contributed by atoms with Crippen molar-refractivity contribution in [1.82, 2.24) is 14.8 Å². The van der Waals surface area contributed by atoms with Gasteiger partial charge in [0.15, 0.2) is 11.0 Å². The van der Waals surface area contributed by atoms with E-state index in [1.165, 1.54) is 17.3 Å². The van der Waals surface area contributed by atoms with Gasteiger partial charge < -0.3 is 14.6 Å². The van der Waals surface area contributed by atoms with Crippen LogP contribution in [-0.4, -0.2) is 40.1 Å². The van der Waals surface area contributed by atoms with E-state index in [1.54, 1.807) is 7.11 Å². The lowest BCUT2D eigenvalue weighted by molar-refractivity contribution is -0.113. The predicted molar refractivity (Wildman–Crippen MR) is 131 cm³/mol. The number of carbonyl (C=O) groups excluding carboxylic acids is 1. The molecule has 0 radical (unpaired) electrons. The third kappa shape index (κ3) is 6.34. The summed E-state index contributed by atoms with van der Waals surface area (Å²) in [4.78, 5) is 12.5. The summed E-state index contributed by atoms with van der Waals surface area (Å²) >= 11 is 7.74. The van der Waals surface area contributed by atoms with Gasteiger partial charge in [-0.05, 0) is 48.6 Å². The van der Waals surface area contributed by atoms with E-state index in [4.69, 9.17) is 16.3 Å². The molecule has 6 nitrogen and oxygen atoms in total. The van der Waals surface area contributed by atoms with Gasteiger partial charge in [0.1, 0.15) is 0 Å². The molecule has 2 aromatic carbocycles. The topological polar surface area (TPSA) is 69.0 Å². The first-order valence-corrected chi connectivity index (χ1v) is 12.1. The van der Waals surface area contributed by atoms with Gasteiger partial charge in [0, 0.05) is 31.5 Å². The fourth-order valence-electron chi connectivity index (χ4n) is 3.26. The lowest BCUT2D eigenvalue weighted by atomic mass is 9.99. The number of ether oxygens (including phenoxy) is 1. The lowest BCUT2D eigenvalue weighted by Crippen LogP contribution is -2.15. The Balaban J connectivity index is 1.68. The second-order valence-corrected chi connectivity index (χ2v) is 8.90. The second-order valence-electron chi connectivity index (χ2n) is 7.55. The third-order valence-electron chi connectivity index (χ3n) is 5.27. The summed E-state index contributed by atoms with van der Waals surface area (Å²) in [5.74, 6) is 1.34. The zero-order valence-electron chi connectivity index (χ0n) is 18.7. The average Bonchev–Trinajstić information content (AvgIpc) is 3.20. The Hall–Kier alpha value is -2.35. The Kier molecular flexibility index (Phi) is 9.14. The monoisotopic (exact) mass is 472 g/mol. The summed E-state index contributed by atoms with van der Waals surface area (Å²) < 4.78 is 7.19. The summed E-state index contributed by atoms with van der Waals surface area (Å²) in [5.41, 5.74) is 2.88. The minimum Gasteiger partial charge on any atom is -0.385 e. The van der Waals surface area contributed by atoms with Crippen molar-refractivity contribution in [2.45, 2.75) is 44.3 Å². The Morgan fingerprint density at radius 1 is 1.19 bits per heavy atom. The number of benzene rings is 2. The first-order valence-electron chi connectivity index (χ1n) is 10.7. The fraction of sp³-hybridized carbons (Fsp3) is 0.375. The van der Waals surface area contributed by atoms with E-state index in [1.807, 2.05) is 41.0 Å². The van der Waals surface area contributed by atoms with Crippen molar-refractivity contribution in [3.63, 3.8) is 0 Å². The van der Waals surface area contributed by atoms with Gasteiger partial charge in [-0.3, -0.25) is 4.79 Å². The molecule has 8 heteroatoms. The SMILES string of the molecule is CCC(C)c1ccc(NC(=O)CSc2nnc(-c3ccccc3Cl)n2CCCOC)cc1. The molecule has 0 saturated carbocycles. The molecule has 1 N–H and O–H groups in total. The van der Waals surface area contributed by atoms with E-state index in [0.717, 1.165) is 24.1 Å².